The van der Waals surface area contributed by atoms with Gasteiger partial charge in [-0.25, -0.2) is 9.59 Å². The van der Waals surface area contributed by atoms with Gasteiger partial charge in [-0.15, -0.1) is 0 Å². The molecule has 0 spiro atoms. The highest BCUT2D eigenvalue weighted by Gasteiger charge is 2.14. The first-order chi connectivity index (χ1) is 10.6. The fourth-order valence-corrected chi connectivity index (χ4v) is 1.76. The minimum absolute atomic E-state index is 0.00818. The van der Waals surface area contributed by atoms with Crippen LogP contribution in [-0.4, -0.2) is 11.9 Å². The summed E-state index contributed by atoms with van der Waals surface area (Å²) in [7, 11) is 0. The molecule has 0 fully saturated rings. The molecule has 0 aliphatic rings. The number of rotatable bonds is 5. The van der Waals surface area contributed by atoms with Gasteiger partial charge in [0, 0.05) is 11.1 Å². The van der Waals surface area contributed by atoms with E-state index in [4.69, 9.17) is 9.47 Å². The van der Waals surface area contributed by atoms with Gasteiger partial charge in [0.05, 0.1) is 5.56 Å². The normalized spacial score (nSPS) is 9.86. The van der Waals surface area contributed by atoms with Crippen LogP contribution < -0.4 is 4.74 Å². The van der Waals surface area contributed by atoms with Crippen molar-refractivity contribution in [2.75, 3.05) is 0 Å². The molecule has 0 aromatic heterocycles. The standard InChI is InChI=1S/C18H16O4/c1-13(2)17(19)21-12-14-8-6-7-11-16(14)18(20)22-15-9-4-3-5-10-15/h3-11H,1,12H2,2H3. The third-order valence-electron chi connectivity index (χ3n) is 2.90. The molecular formula is C18H16O4. The van der Waals surface area contributed by atoms with Crippen LogP contribution in [0, 0.1) is 0 Å². The first kappa shape index (κ1) is 15.5. The maximum atomic E-state index is 12.2. The van der Waals surface area contributed by atoms with Gasteiger partial charge in [0.1, 0.15) is 12.4 Å². The minimum Gasteiger partial charge on any atom is -0.457 e. The van der Waals surface area contributed by atoms with Crippen molar-refractivity contribution >= 4 is 11.9 Å². The Morgan fingerprint density at radius 2 is 1.64 bits per heavy atom. The average Bonchev–Trinajstić information content (AvgIpc) is 2.53. The summed E-state index contributed by atoms with van der Waals surface area (Å²) in [6.07, 6.45) is 0. The monoisotopic (exact) mass is 296 g/mol. The van der Waals surface area contributed by atoms with Crippen molar-refractivity contribution in [3.05, 3.63) is 77.9 Å². The summed E-state index contributed by atoms with van der Waals surface area (Å²) < 4.78 is 10.4. The van der Waals surface area contributed by atoms with E-state index in [1.54, 1.807) is 55.5 Å². The van der Waals surface area contributed by atoms with Crippen molar-refractivity contribution in [2.24, 2.45) is 0 Å². The van der Waals surface area contributed by atoms with E-state index in [1.165, 1.54) is 0 Å². The van der Waals surface area contributed by atoms with Gasteiger partial charge in [-0.2, -0.15) is 0 Å². The first-order valence-corrected chi connectivity index (χ1v) is 6.75. The zero-order chi connectivity index (χ0) is 15.9. The Labute approximate surface area is 129 Å². The lowest BCUT2D eigenvalue weighted by Crippen LogP contribution is -2.13. The number of ether oxygens (including phenoxy) is 2. The van der Waals surface area contributed by atoms with Crippen LogP contribution in [-0.2, 0) is 16.1 Å². The Morgan fingerprint density at radius 3 is 2.32 bits per heavy atom. The van der Waals surface area contributed by atoms with Crippen molar-refractivity contribution < 1.29 is 19.1 Å². The van der Waals surface area contributed by atoms with E-state index in [0.717, 1.165) is 0 Å². The van der Waals surface area contributed by atoms with Gasteiger partial charge in [0.2, 0.25) is 0 Å². The molecule has 0 unspecified atom stereocenters. The third kappa shape index (κ3) is 4.06. The maximum Gasteiger partial charge on any atom is 0.343 e. The van der Waals surface area contributed by atoms with Crippen LogP contribution in [0.1, 0.15) is 22.8 Å². The Hall–Kier alpha value is -2.88. The minimum atomic E-state index is -0.494. The molecule has 0 aliphatic heterocycles. The Bertz CT molecular complexity index is 689. The van der Waals surface area contributed by atoms with E-state index < -0.39 is 11.9 Å². The molecule has 0 saturated carbocycles. The number of hydrogen-bond acceptors (Lipinski definition) is 4. The molecule has 4 heteroatoms. The van der Waals surface area contributed by atoms with Crippen molar-refractivity contribution in [3.63, 3.8) is 0 Å². The van der Waals surface area contributed by atoms with Gasteiger partial charge in [0.25, 0.3) is 0 Å². The second kappa shape index (κ2) is 7.22. The number of esters is 2. The van der Waals surface area contributed by atoms with Crippen LogP contribution in [0.3, 0.4) is 0 Å². The summed E-state index contributed by atoms with van der Waals surface area (Å²) in [6, 6.07) is 15.6. The van der Waals surface area contributed by atoms with E-state index >= 15 is 0 Å². The molecule has 4 nitrogen and oxygen atoms in total. The van der Waals surface area contributed by atoms with E-state index in [0.29, 0.717) is 22.4 Å². The molecule has 0 saturated heterocycles. The van der Waals surface area contributed by atoms with Gasteiger partial charge in [-0.05, 0) is 25.1 Å². The second-order valence-corrected chi connectivity index (χ2v) is 4.72. The van der Waals surface area contributed by atoms with Crippen LogP contribution in [0.5, 0.6) is 5.75 Å². The van der Waals surface area contributed by atoms with Crippen molar-refractivity contribution in [1.29, 1.82) is 0 Å². The zero-order valence-corrected chi connectivity index (χ0v) is 12.2. The third-order valence-corrected chi connectivity index (χ3v) is 2.90. The van der Waals surface area contributed by atoms with Crippen LogP contribution in [0.25, 0.3) is 0 Å². The molecule has 0 N–H and O–H groups in total. The molecule has 0 aliphatic carbocycles. The van der Waals surface area contributed by atoms with Crippen LogP contribution in [0.15, 0.2) is 66.7 Å². The van der Waals surface area contributed by atoms with E-state index in [1.807, 2.05) is 6.07 Å². The van der Waals surface area contributed by atoms with Gasteiger partial charge >= 0.3 is 11.9 Å². The van der Waals surface area contributed by atoms with Crippen LogP contribution in [0.4, 0.5) is 0 Å². The summed E-state index contributed by atoms with van der Waals surface area (Å²) >= 11 is 0. The lowest BCUT2D eigenvalue weighted by atomic mass is 10.1. The van der Waals surface area contributed by atoms with Crippen molar-refractivity contribution in [1.82, 2.24) is 0 Å². The fourth-order valence-electron chi connectivity index (χ4n) is 1.76. The van der Waals surface area contributed by atoms with Gasteiger partial charge in [-0.3, -0.25) is 0 Å². The molecule has 0 radical (unpaired) electrons. The molecule has 2 rings (SSSR count). The molecule has 0 heterocycles. The lowest BCUT2D eigenvalue weighted by molar-refractivity contribution is -0.140. The molecule has 22 heavy (non-hydrogen) atoms. The highest BCUT2D eigenvalue weighted by Crippen LogP contribution is 2.16. The van der Waals surface area contributed by atoms with E-state index in [2.05, 4.69) is 6.58 Å². The summed E-state index contributed by atoms with van der Waals surface area (Å²) in [6.45, 7) is 5.07. The Balaban J connectivity index is 2.12. The molecule has 0 amide bonds. The quantitative estimate of drug-likeness (QED) is 0.481. The zero-order valence-electron chi connectivity index (χ0n) is 12.2. The molecular weight excluding hydrogens is 280 g/mol. The van der Waals surface area contributed by atoms with Crippen LogP contribution in [0.2, 0.25) is 0 Å². The number of benzene rings is 2. The van der Waals surface area contributed by atoms with Crippen LogP contribution >= 0.6 is 0 Å². The van der Waals surface area contributed by atoms with E-state index in [9.17, 15) is 9.59 Å². The largest absolute Gasteiger partial charge is 0.457 e. The Morgan fingerprint density at radius 1 is 1.00 bits per heavy atom. The number of carbonyl (C=O) groups excluding carboxylic acids is 2. The van der Waals surface area contributed by atoms with Crippen molar-refractivity contribution in [3.8, 4) is 5.75 Å². The number of para-hydroxylation sites is 1. The number of hydrogen-bond donors (Lipinski definition) is 0. The van der Waals surface area contributed by atoms with Crippen molar-refractivity contribution in [2.45, 2.75) is 13.5 Å². The highest BCUT2D eigenvalue weighted by atomic mass is 16.5. The average molecular weight is 296 g/mol. The molecule has 2 aromatic rings. The Kier molecular flexibility index (Phi) is 5.09. The summed E-state index contributed by atoms with van der Waals surface area (Å²) in [5.74, 6) is -0.527. The summed E-state index contributed by atoms with van der Waals surface area (Å²) in [4.78, 5) is 23.7. The second-order valence-electron chi connectivity index (χ2n) is 4.72. The number of carbonyl (C=O) groups is 2. The predicted molar refractivity (Wildman–Crippen MR) is 82.5 cm³/mol. The molecule has 0 atom stereocenters. The summed E-state index contributed by atoms with van der Waals surface area (Å²) in [5, 5.41) is 0. The summed E-state index contributed by atoms with van der Waals surface area (Å²) in [5.41, 5.74) is 1.25. The topological polar surface area (TPSA) is 52.6 Å². The predicted octanol–water partition coefficient (Wildman–Crippen LogP) is 3.53. The van der Waals surface area contributed by atoms with Gasteiger partial charge < -0.3 is 9.47 Å². The van der Waals surface area contributed by atoms with E-state index in [-0.39, 0.29) is 6.61 Å². The van der Waals surface area contributed by atoms with Gasteiger partial charge in [0.15, 0.2) is 0 Å². The smallest absolute Gasteiger partial charge is 0.343 e. The fraction of sp³-hybridized carbons (Fsp3) is 0.111. The van der Waals surface area contributed by atoms with Gasteiger partial charge in [-0.1, -0.05) is 43.0 Å². The highest BCUT2D eigenvalue weighted by molar-refractivity contribution is 5.93. The molecule has 0 bridgehead atoms. The molecule has 112 valence electrons. The maximum absolute atomic E-state index is 12.2. The SMILES string of the molecule is C=C(C)C(=O)OCc1ccccc1C(=O)Oc1ccccc1. The lowest BCUT2D eigenvalue weighted by Gasteiger charge is -2.10. The first-order valence-electron chi connectivity index (χ1n) is 6.75. The molecule has 2 aromatic carbocycles.